The molecule has 1 unspecified atom stereocenters. The number of rotatable bonds is 64. The summed E-state index contributed by atoms with van der Waals surface area (Å²) in [5.41, 5.74) is -0.411. The number of phosphoric acid groups is 6. The average molecular weight is 1470 g/mol. The van der Waals surface area contributed by atoms with Gasteiger partial charge in [-0.25, -0.2) is 4.57 Å². The third-order valence-corrected chi connectivity index (χ3v) is 21.3. The summed E-state index contributed by atoms with van der Waals surface area (Å²) in [6.45, 7) is 23.9. The standard InChI is InChI=1S/3C16H36O7P2.C12H21O3.Ti/c3*1-3-5-7-9-11-13-15-21-25(20,23-24(17,18)19)22-16-14-12-10-8-6-4-2;1-4-7-14-10-12(6-3,9-13)11-15-8-5-2;/h3*3-16H2,1-2H3,(H2,17,18,19);4-5H,1-2,6-11H2,3H3;/q;;;-1;+4/p-3. The second-order valence-corrected chi connectivity index (χ2v) is 31.2. The van der Waals surface area contributed by atoms with Crippen molar-refractivity contribution in [2.75, 3.05) is 72.7 Å². The fraction of sp³-hybridized carbons (Fsp3) is 0.933. The molecule has 24 nitrogen and oxygen atoms in total. The Labute approximate surface area is 568 Å². The Balaban J connectivity index is -0.000000366. The van der Waals surface area contributed by atoms with Gasteiger partial charge in [-0.05, 0) is 44.9 Å². The van der Waals surface area contributed by atoms with Crippen molar-refractivity contribution in [2.24, 2.45) is 5.41 Å². The Bertz CT molecular complexity index is 1470. The summed E-state index contributed by atoms with van der Waals surface area (Å²) < 4.78 is 86.1. The van der Waals surface area contributed by atoms with Crippen LogP contribution in [0.2, 0.25) is 0 Å². The van der Waals surface area contributed by atoms with E-state index in [4.69, 9.17) is 51.3 Å². The van der Waals surface area contributed by atoms with Crippen LogP contribution in [-0.2, 0) is 85.0 Å². The van der Waals surface area contributed by atoms with Crippen LogP contribution < -0.4 is 34.5 Å². The Morgan fingerprint density at radius 2 is 0.604 bits per heavy atom. The van der Waals surface area contributed by atoms with Crippen LogP contribution >= 0.6 is 48.0 Å². The van der Waals surface area contributed by atoms with Gasteiger partial charge >= 0.3 is 61.9 Å². The molecule has 0 fully saturated rings. The van der Waals surface area contributed by atoms with Crippen LogP contribution in [0.25, 0.3) is 0 Å². The van der Waals surface area contributed by atoms with Crippen LogP contribution in [-0.4, -0.2) is 87.4 Å². The number of phosphoric ester groups is 3. The molecule has 91 heavy (non-hydrogen) atoms. The Hall–Kier alpha value is 1.33. The van der Waals surface area contributed by atoms with E-state index >= 15 is 0 Å². The van der Waals surface area contributed by atoms with E-state index in [0.717, 1.165) is 161 Å². The second kappa shape index (κ2) is 68.5. The number of unbranched alkanes of at least 4 members (excludes halogenated alkanes) is 30. The van der Waals surface area contributed by atoms with Gasteiger partial charge in [-0.3, -0.25) is 4.57 Å². The van der Waals surface area contributed by atoms with Gasteiger partial charge in [0.25, 0.3) is 0 Å². The second-order valence-electron chi connectivity index (χ2n) is 22.2. The molecule has 3 N–H and O–H groups in total. The summed E-state index contributed by atoms with van der Waals surface area (Å²) in [6, 6.07) is 0. The first-order chi connectivity index (χ1) is 42.7. The smallest absolute Gasteiger partial charge is 0.854 e. The molecule has 0 amide bonds. The number of hydrogen-bond acceptors (Lipinski definition) is 21. The molecule has 0 aromatic heterocycles. The molecule has 0 aliphatic rings. The minimum atomic E-state index is -5.44. The third-order valence-electron chi connectivity index (χ3n) is 13.4. The van der Waals surface area contributed by atoms with Crippen molar-refractivity contribution in [3.05, 3.63) is 25.3 Å². The quantitative estimate of drug-likeness (QED) is 0.0220. The van der Waals surface area contributed by atoms with E-state index in [9.17, 15) is 48.2 Å². The molecule has 0 saturated heterocycles. The topological polar surface area (TPSA) is 375 Å². The van der Waals surface area contributed by atoms with E-state index in [1.54, 1.807) is 12.2 Å². The average Bonchev–Trinajstić information content (AvgIpc) is 2.92. The molecule has 0 spiro atoms. The van der Waals surface area contributed by atoms with E-state index in [-0.39, 0.29) is 68.0 Å². The van der Waals surface area contributed by atoms with Gasteiger partial charge in [0.05, 0.1) is 66.1 Å². The van der Waals surface area contributed by atoms with Crippen molar-refractivity contribution in [1.82, 2.24) is 0 Å². The zero-order valence-corrected chi connectivity index (χ0v) is 64.0. The molecular weight excluding hydrogens is 1340 g/mol. The summed E-state index contributed by atoms with van der Waals surface area (Å²) in [6.07, 6.45) is 40.3. The molecule has 0 rings (SSSR count). The van der Waals surface area contributed by atoms with E-state index in [2.05, 4.69) is 67.6 Å². The maximum atomic E-state index is 12.3. The van der Waals surface area contributed by atoms with Gasteiger partial charge in [0.1, 0.15) is 7.82 Å². The van der Waals surface area contributed by atoms with Crippen molar-refractivity contribution in [3.63, 3.8) is 0 Å². The van der Waals surface area contributed by atoms with Crippen LogP contribution in [0.5, 0.6) is 0 Å². The van der Waals surface area contributed by atoms with Crippen molar-refractivity contribution in [3.8, 4) is 0 Å². The minimum Gasteiger partial charge on any atom is -0.854 e. The van der Waals surface area contributed by atoms with Crippen LogP contribution in [0.15, 0.2) is 25.3 Å². The zero-order valence-electron chi connectivity index (χ0n) is 57.1. The zero-order chi connectivity index (χ0) is 68.6. The van der Waals surface area contributed by atoms with Gasteiger partial charge in [0, 0.05) is 5.41 Å². The maximum Gasteiger partial charge on any atom is 4.00 e. The molecule has 0 aromatic rings. The molecule has 0 radical (unpaired) electrons. The largest absolute Gasteiger partial charge is 4.00 e. The first-order valence-electron chi connectivity index (χ1n) is 33.6. The number of ether oxygens (including phenoxy) is 2. The Kier molecular flexibility index (Phi) is 76.0. The Morgan fingerprint density at radius 1 is 0.385 bits per heavy atom. The third kappa shape index (κ3) is 76.9. The van der Waals surface area contributed by atoms with Gasteiger partial charge in [0.15, 0.2) is 0 Å². The monoisotopic (exact) mass is 1460 g/mol. The fourth-order valence-corrected chi connectivity index (χ4v) is 14.6. The summed E-state index contributed by atoms with van der Waals surface area (Å²) in [4.78, 5) is 96.0. The summed E-state index contributed by atoms with van der Waals surface area (Å²) in [5.74, 6) is 0. The van der Waals surface area contributed by atoms with E-state index in [1.165, 1.54) is 38.5 Å². The molecule has 31 heteroatoms. The van der Waals surface area contributed by atoms with Crippen molar-refractivity contribution >= 4 is 48.0 Å². The normalized spacial score (nSPS) is 12.8. The van der Waals surface area contributed by atoms with Crippen LogP contribution in [0.1, 0.15) is 286 Å². The van der Waals surface area contributed by atoms with Gasteiger partial charge < -0.3 is 63.2 Å². The maximum absolute atomic E-state index is 12.3. The van der Waals surface area contributed by atoms with Gasteiger partial charge in [0.2, 0.25) is 0 Å². The van der Waals surface area contributed by atoms with Crippen LogP contribution in [0.3, 0.4) is 0 Å². The van der Waals surface area contributed by atoms with Crippen LogP contribution in [0, 0.1) is 5.41 Å². The van der Waals surface area contributed by atoms with Crippen LogP contribution in [0.4, 0.5) is 0 Å². The summed E-state index contributed by atoms with van der Waals surface area (Å²) >= 11 is 0. The van der Waals surface area contributed by atoms with E-state index in [0.29, 0.717) is 65.0 Å². The van der Waals surface area contributed by atoms with Gasteiger partial charge in [-0.2, -0.15) is 31.5 Å². The Morgan fingerprint density at radius 3 is 0.791 bits per heavy atom. The fourth-order valence-electron chi connectivity index (χ4n) is 8.13. The molecule has 0 aliphatic carbocycles. The minimum absolute atomic E-state index is 0. The molecule has 544 valence electrons. The van der Waals surface area contributed by atoms with Crippen molar-refractivity contribution in [1.29, 1.82) is 0 Å². The molecule has 0 saturated carbocycles. The first kappa shape index (κ1) is 101. The van der Waals surface area contributed by atoms with E-state index < -0.39 is 53.4 Å². The van der Waals surface area contributed by atoms with Gasteiger partial charge in [-0.15, -0.1) is 24.1 Å². The molecule has 1 atom stereocenters. The van der Waals surface area contributed by atoms with Gasteiger partial charge in [-0.1, -0.05) is 258 Å². The molecule has 0 heterocycles. The first-order valence-corrected chi connectivity index (χ1v) is 42.5. The van der Waals surface area contributed by atoms with Crippen molar-refractivity contribution < 1.29 is 134 Å². The molecular formula is C60H126O24P6Ti. The number of hydrogen-bond donors (Lipinski definition) is 3. The van der Waals surface area contributed by atoms with E-state index in [1.807, 2.05) is 6.92 Å². The SMILES string of the molecule is C=CCOCC(CC)(C[O-])COCC=C.CCCCCCCCO[P+]([O-])(OCCCCCCCC)OP(=O)(O)O.CCCCCCCCO[P+]([O-])(OCCCCCCCC)OP(=O)([O-])O.CCCCCCCCO[P+]([O-])(OCCCCCCCC)OP(=O)([O-])[O-].[Ti+4]. The van der Waals surface area contributed by atoms with Crippen molar-refractivity contribution in [2.45, 2.75) is 286 Å². The summed E-state index contributed by atoms with van der Waals surface area (Å²) in [7, 11) is -28.4. The predicted octanol–water partition coefficient (Wildman–Crippen LogP) is 13.9. The molecule has 0 aromatic carbocycles. The molecule has 0 bridgehead atoms. The predicted molar refractivity (Wildman–Crippen MR) is 349 cm³/mol. The summed E-state index contributed by atoms with van der Waals surface area (Å²) in [5, 5.41) is 11.2. The molecule has 0 aliphatic heterocycles.